The number of hydrogen-bond donors (Lipinski definition) is 0. The summed E-state index contributed by atoms with van der Waals surface area (Å²) in [4.78, 5) is 15.2. The molecule has 1 saturated heterocycles. The third-order valence-corrected chi connectivity index (χ3v) is 29.4. The van der Waals surface area contributed by atoms with E-state index in [1.165, 1.54) is 57.4 Å². The number of rotatable bonds is 18. The molecule has 1 heterocycles. The van der Waals surface area contributed by atoms with Crippen molar-refractivity contribution in [3.8, 4) is 0 Å². The number of allylic oxidation sites excluding steroid dienone is 4. The third-order valence-electron chi connectivity index (χ3n) is 10.8. The van der Waals surface area contributed by atoms with Gasteiger partial charge in [0.1, 0.15) is 5.60 Å². The molecule has 0 spiro atoms. The van der Waals surface area contributed by atoms with Crippen LogP contribution in [-0.2, 0) is 13.9 Å². The molecule has 48 heavy (non-hydrogen) atoms. The molecule has 280 valence electrons. The van der Waals surface area contributed by atoms with Crippen LogP contribution < -0.4 is 0 Å². The van der Waals surface area contributed by atoms with Crippen molar-refractivity contribution in [3.05, 3.63) is 34.0 Å². The first kappa shape index (κ1) is 45.4. The third kappa shape index (κ3) is 13.9. The minimum atomic E-state index is -2.31. The summed E-state index contributed by atoms with van der Waals surface area (Å²) in [7, 11) is -2.12. The fourth-order valence-electron chi connectivity index (χ4n) is 6.85. The van der Waals surface area contributed by atoms with Gasteiger partial charge in [0.05, 0.1) is 0 Å². The molecule has 1 fully saturated rings. The summed E-state index contributed by atoms with van der Waals surface area (Å²) in [5, 5.41) is 0.0741. The molecule has 0 aromatic carbocycles. The number of unbranched alkanes of at least 4 members (excludes halogenated alkanes) is 3. The number of amides is 1. The van der Waals surface area contributed by atoms with Crippen molar-refractivity contribution in [2.45, 2.75) is 203 Å². The Morgan fingerprint density at radius 3 is 1.90 bits per heavy atom. The normalized spacial score (nSPS) is 21.7. The standard InChI is InChI=1S/C29H52NO4Si.3C4H9.Sn/c1-16-17-20(2)18-19-21(3)24(34-35(14,15)28(9,10)11)22(4)25-23(5)30(29(12,13)32-25)26(31)33-27(6,7)8;3*1-3-4-2;/h1,16-19,21-25H,2-15H3;3*1,3-4H2,2H3;/b16-1?,19-18+,20-17+;;;;/t21-,22+,23-,24-,25+;;;;/m1..../s1. The fourth-order valence-corrected chi connectivity index (χ4v) is 22.4. The maximum atomic E-state index is 13.4. The van der Waals surface area contributed by atoms with Crippen LogP contribution in [0.4, 0.5) is 4.79 Å². The fraction of sp³-hybridized carbons (Fsp3) is 0.829. The van der Waals surface area contributed by atoms with E-state index in [4.69, 9.17) is 13.9 Å². The number of ether oxygens (including phenoxy) is 2. The molecule has 5 atom stereocenters. The van der Waals surface area contributed by atoms with E-state index >= 15 is 0 Å². The van der Waals surface area contributed by atoms with Gasteiger partial charge in [0.2, 0.25) is 0 Å². The van der Waals surface area contributed by atoms with Gasteiger partial charge in [-0.15, -0.1) is 0 Å². The first-order valence-corrected chi connectivity index (χ1v) is 30.0. The second-order valence-electron chi connectivity index (χ2n) is 18.0. The molecule has 0 N–H and O–H groups in total. The molecule has 0 bridgehead atoms. The summed E-state index contributed by atoms with van der Waals surface area (Å²) >= 11 is -2.31. The van der Waals surface area contributed by atoms with E-state index in [0.29, 0.717) is 0 Å². The van der Waals surface area contributed by atoms with Crippen LogP contribution in [0.5, 0.6) is 0 Å². The van der Waals surface area contributed by atoms with Crippen LogP contribution in [0, 0.1) is 11.8 Å². The number of nitrogens with zero attached hydrogens (tertiary/aromatic N) is 1. The van der Waals surface area contributed by atoms with E-state index in [0.717, 1.165) is 0 Å². The van der Waals surface area contributed by atoms with Crippen molar-refractivity contribution in [1.29, 1.82) is 0 Å². The topological polar surface area (TPSA) is 48.0 Å². The monoisotopic (exact) mass is 797 g/mol. The Balaban J connectivity index is 3.39. The Labute approximate surface area is 304 Å². The zero-order valence-electron chi connectivity index (χ0n) is 34.7. The molecule has 0 unspecified atom stereocenters. The molecule has 1 amide bonds. The Hall–Kier alpha value is -0.574. The van der Waals surface area contributed by atoms with E-state index < -0.39 is 38.0 Å². The Bertz CT molecular complexity index is 1050. The Morgan fingerprint density at radius 1 is 0.958 bits per heavy atom. The van der Waals surface area contributed by atoms with E-state index in [2.05, 4.69) is 111 Å². The first-order valence-electron chi connectivity index (χ1n) is 19.4. The van der Waals surface area contributed by atoms with Crippen LogP contribution in [-0.4, -0.2) is 67.3 Å². The van der Waals surface area contributed by atoms with Gasteiger partial charge >= 0.3 is 256 Å². The van der Waals surface area contributed by atoms with Gasteiger partial charge in [0.15, 0.2) is 0 Å². The average Bonchev–Trinajstić information content (AvgIpc) is 3.21. The van der Waals surface area contributed by atoms with Crippen molar-refractivity contribution in [1.82, 2.24) is 4.90 Å². The second-order valence-corrected chi connectivity index (χ2v) is 35.7. The molecule has 0 radical (unpaired) electrons. The van der Waals surface area contributed by atoms with Crippen LogP contribution in [0.1, 0.15) is 142 Å². The van der Waals surface area contributed by atoms with Gasteiger partial charge in [-0.3, -0.25) is 0 Å². The maximum absolute atomic E-state index is 13.4. The SMILES string of the molecule is CCC[CH2][Sn](/[CH]=C/C=C(C)/C=C/[C@@H](C)[C@@H](O[Si](C)(C)C(C)(C)C)[C@H](C)[C@@H]1OC(C)(C)N(C(=O)OC(C)(C)C)[C@@H]1C)([CH2]CCC)[CH2]CCC. The van der Waals surface area contributed by atoms with Crippen LogP contribution in [0.15, 0.2) is 34.0 Å². The van der Waals surface area contributed by atoms with E-state index in [1.807, 2.05) is 34.6 Å². The average molecular weight is 797 g/mol. The van der Waals surface area contributed by atoms with Crippen molar-refractivity contribution >= 4 is 32.8 Å². The second kappa shape index (κ2) is 19.3. The van der Waals surface area contributed by atoms with Crippen molar-refractivity contribution in [2.24, 2.45) is 11.8 Å². The molecule has 1 aliphatic rings. The summed E-state index contributed by atoms with van der Waals surface area (Å²) in [5.41, 5.74) is -0.0740. The molecule has 1 rings (SSSR count). The number of hydrogen-bond acceptors (Lipinski definition) is 4. The molecule has 0 aromatic heterocycles. The van der Waals surface area contributed by atoms with Crippen LogP contribution >= 0.6 is 0 Å². The van der Waals surface area contributed by atoms with Gasteiger partial charge in [0, 0.05) is 0 Å². The molecule has 1 aliphatic heterocycles. The van der Waals surface area contributed by atoms with Gasteiger partial charge in [0.25, 0.3) is 0 Å². The Morgan fingerprint density at radius 2 is 1.46 bits per heavy atom. The molecule has 0 aliphatic carbocycles. The van der Waals surface area contributed by atoms with Gasteiger partial charge in [-0.25, -0.2) is 4.79 Å². The molecule has 0 saturated carbocycles. The molecule has 0 aromatic rings. The van der Waals surface area contributed by atoms with Gasteiger partial charge in [-0.1, -0.05) is 0 Å². The van der Waals surface area contributed by atoms with Crippen molar-refractivity contribution < 1.29 is 18.7 Å². The molecular weight excluding hydrogens is 717 g/mol. The van der Waals surface area contributed by atoms with Gasteiger partial charge in [-0.05, 0) is 34.6 Å². The van der Waals surface area contributed by atoms with E-state index in [-0.39, 0.29) is 41.2 Å². The quantitative estimate of drug-likeness (QED) is 0.102. The van der Waals surface area contributed by atoms with Gasteiger partial charge in [-0.2, -0.15) is 0 Å². The van der Waals surface area contributed by atoms with Crippen LogP contribution in [0.2, 0.25) is 31.4 Å². The zero-order valence-corrected chi connectivity index (χ0v) is 38.6. The molecular formula is C41H79NO4SiSn. The Kier molecular flexibility index (Phi) is 18.3. The van der Waals surface area contributed by atoms with Crippen molar-refractivity contribution in [3.63, 3.8) is 0 Å². The van der Waals surface area contributed by atoms with Crippen LogP contribution in [0.3, 0.4) is 0 Å². The predicted molar refractivity (Wildman–Crippen MR) is 214 cm³/mol. The minimum absolute atomic E-state index is 0.0510. The molecule has 5 nitrogen and oxygen atoms in total. The summed E-state index contributed by atoms with van der Waals surface area (Å²) in [6, 6.07) is -0.155. The first-order chi connectivity index (χ1) is 22.0. The number of carbonyl (C=O) groups excluding carboxylic acids is 1. The summed E-state index contributed by atoms with van der Waals surface area (Å²) in [6.45, 7) is 37.1. The summed E-state index contributed by atoms with van der Waals surface area (Å²) in [5.74, 6) is 0.211. The van der Waals surface area contributed by atoms with E-state index in [9.17, 15) is 4.79 Å². The summed E-state index contributed by atoms with van der Waals surface area (Å²) in [6.07, 6.45) is 16.9. The van der Waals surface area contributed by atoms with Crippen molar-refractivity contribution in [2.75, 3.05) is 0 Å². The number of carbonyl (C=O) groups is 1. The predicted octanol–water partition coefficient (Wildman–Crippen LogP) is 12.9. The zero-order chi connectivity index (χ0) is 37.1. The van der Waals surface area contributed by atoms with Crippen LogP contribution in [0.25, 0.3) is 0 Å². The van der Waals surface area contributed by atoms with E-state index in [1.54, 1.807) is 4.90 Å². The van der Waals surface area contributed by atoms with Gasteiger partial charge < -0.3 is 4.74 Å². The summed E-state index contributed by atoms with van der Waals surface area (Å²) < 4.78 is 27.0. The molecule has 7 heteroatoms.